The molecule has 0 heterocycles. The first-order valence-corrected chi connectivity index (χ1v) is 7.30. The number of fused-ring (bicyclic) bond motifs is 2. The fraction of sp³-hybridized carbons (Fsp3) is 0.0476. The molecule has 0 aliphatic rings. The van der Waals surface area contributed by atoms with E-state index in [9.17, 15) is 0 Å². The molecule has 4 aromatic carbocycles. The summed E-state index contributed by atoms with van der Waals surface area (Å²) in [6.45, 7) is 2.16. The van der Waals surface area contributed by atoms with Crippen LogP contribution in [0.3, 0.4) is 0 Å². The summed E-state index contributed by atoms with van der Waals surface area (Å²) in [5.41, 5.74) is 3.92. The first-order valence-electron chi connectivity index (χ1n) is 7.30. The molecule has 100 valence electrons. The van der Waals surface area contributed by atoms with Gasteiger partial charge in [-0.15, -0.1) is 0 Å². The predicted octanol–water partition coefficient (Wildman–Crippen LogP) is 5.97. The van der Waals surface area contributed by atoms with Crippen LogP contribution >= 0.6 is 0 Å². The molecule has 0 fully saturated rings. The Morgan fingerprint density at radius 3 is 2.14 bits per heavy atom. The van der Waals surface area contributed by atoms with Crippen molar-refractivity contribution in [1.82, 2.24) is 0 Å². The molecule has 4 aromatic rings. The minimum atomic E-state index is 1.28. The Labute approximate surface area is 124 Å². The third kappa shape index (κ3) is 2.00. The first kappa shape index (κ1) is 12.2. The zero-order chi connectivity index (χ0) is 14.2. The van der Waals surface area contributed by atoms with Crippen LogP contribution in [-0.4, -0.2) is 0 Å². The van der Waals surface area contributed by atoms with Gasteiger partial charge < -0.3 is 0 Å². The Hall–Kier alpha value is -2.60. The molecule has 0 unspecified atom stereocenters. The van der Waals surface area contributed by atoms with Gasteiger partial charge in [-0.1, -0.05) is 78.4 Å². The molecule has 0 aliphatic carbocycles. The lowest BCUT2D eigenvalue weighted by Crippen LogP contribution is -1.86. The van der Waals surface area contributed by atoms with Crippen LogP contribution in [0.4, 0.5) is 0 Å². The normalized spacial score (nSPS) is 11.1. The third-order valence-corrected chi connectivity index (χ3v) is 4.08. The van der Waals surface area contributed by atoms with Gasteiger partial charge >= 0.3 is 0 Å². The van der Waals surface area contributed by atoms with E-state index in [0.717, 1.165) is 0 Å². The molecular weight excluding hydrogens is 252 g/mol. The molecule has 0 aromatic heterocycles. The zero-order valence-electron chi connectivity index (χ0n) is 12.0. The molecule has 4 rings (SSSR count). The second-order valence-electron chi connectivity index (χ2n) is 5.56. The highest BCUT2D eigenvalue weighted by Gasteiger charge is 2.09. The van der Waals surface area contributed by atoms with Gasteiger partial charge in [0, 0.05) is 0 Å². The first-order chi connectivity index (χ1) is 10.3. The average Bonchev–Trinajstić information content (AvgIpc) is 2.53. The summed E-state index contributed by atoms with van der Waals surface area (Å²) in [5, 5.41) is 5.26. The summed E-state index contributed by atoms with van der Waals surface area (Å²) < 4.78 is 0. The highest BCUT2D eigenvalue weighted by atomic mass is 14.1. The molecule has 0 spiro atoms. The second kappa shape index (κ2) is 4.75. The van der Waals surface area contributed by atoms with E-state index in [1.54, 1.807) is 0 Å². The van der Waals surface area contributed by atoms with Crippen LogP contribution in [0.2, 0.25) is 0 Å². The molecular formula is C21H16. The summed E-state index contributed by atoms with van der Waals surface area (Å²) in [6, 6.07) is 28.3. The lowest BCUT2D eigenvalue weighted by molar-refractivity contribution is 1.51. The van der Waals surface area contributed by atoms with Gasteiger partial charge in [-0.25, -0.2) is 0 Å². The molecule has 0 nitrogen and oxygen atoms in total. The van der Waals surface area contributed by atoms with Crippen molar-refractivity contribution < 1.29 is 0 Å². The van der Waals surface area contributed by atoms with E-state index in [0.29, 0.717) is 0 Å². The van der Waals surface area contributed by atoms with Crippen molar-refractivity contribution in [1.29, 1.82) is 0 Å². The summed E-state index contributed by atoms with van der Waals surface area (Å²) in [6.07, 6.45) is 0. The van der Waals surface area contributed by atoms with Crippen LogP contribution in [0, 0.1) is 6.92 Å². The summed E-state index contributed by atoms with van der Waals surface area (Å²) in [5.74, 6) is 0. The van der Waals surface area contributed by atoms with Crippen molar-refractivity contribution in [2.45, 2.75) is 6.92 Å². The maximum absolute atomic E-state index is 2.30. The molecule has 0 heteroatoms. The molecule has 0 aliphatic heterocycles. The van der Waals surface area contributed by atoms with Crippen molar-refractivity contribution in [3.05, 3.63) is 84.4 Å². The van der Waals surface area contributed by atoms with Gasteiger partial charge in [0.2, 0.25) is 0 Å². The predicted molar refractivity (Wildman–Crippen MR) is 91.6 cm³/mol. The zero-order valence-corrected chi connectivity index (χ0v) is 12.0. The minimum Gasteiger partial charge on any atom is -0.0622 e. The Balaban J connectivity index is 2.24. The number of aryl methyl sites for hydroxylation is 1. The molecule has 0 amide bonds. The Morgan fingerprint density at radius 2 is 1.29 bits per heavy atom. The quantitative estimate of drug-likeness (QED) is 0.373. The summed E-state index contributed by atoms with van der Waals surface area (Å²) >= 11 is 0. The van der Waals surface area contributed by atoms with E-state index < -0.39 is 0 Å². The molecule has 21 heavy (non-hydrogen) atoms. The lowest BCUT2D eigenvalue weighted by atomic mass is 9.91. The fourth-order valence-electron chi connectivity index (χ4n) is 3.09. The van der Waals surface area contributed by atoms with E-state index in [2.05, 4.69) is 85.8 Å². The van der Waals surface area contributed by atoms with Gasteiger partial charge in [-0.05, 0) is 45.7 Å². The molecule has 0 radical (unpaired) electrons. The standard InChI is InChI=1S/C21H16/c1-15-11-12-18-14-17-9-5-6-10-19(17)21(20(18)13-15)16-7-3-2-4-8-16/h2-14H,1H3. The van der Waals surface area contributed by atoms with Gasteiger partial charge in [0.05, 0.1) is 0 Å². The molecule has 0 atom stereocenters. The Morgan fingerprint density at radius 1 is 0.571 bits per heavy atom. The topological polar surface area (TPSA) is 0 Å². The number of rotatable bonds is 1. The van der Waals surface area contributed by atoms with E-state index >= 15 is 0 Å². The molecule has 0 saturated heterocycles. The van der Waals surface area contributed by atoms with Crippen molar-refractivity contribution in [3.8, 4) is 11.1 Å². The van der Waals surface area contributed by atoms with E-state index in [-0.39, 0.29) is 0 Å². The largest absolute Gasteiger partial charge is 0.0622 e. The Bertz CT molecular complexity index is 934. The summed E-state index contributed by atoms with van der Waals surface area (Å²) in [4.78, 5) is 0. The van der Waals surface area contributed by atoms with E-state index in [4.69, 9.17) is 0 Å². The molecule has 0 bridgehead atoms. The molecule has 0 saturated carbocycles. The minimum absolute atomic E-state index is 1.28. The number of benzene rings is 4. The van der Waals surface area contributed by atoms with Crippen LogP contribution in [0.15, 0.2) is 78.9 Å². The second-order valence-corrected chi connectivity index (χ2v) is 5.56. The van der Waals surface area contributed by atoms with Crippen LogP contribution in [-0.2, 0) is 0 Å². The van der Waals surface area contributed by atoms with Crippen molar-refractivity contribution in [3.63, 3.8) is 0 Å². The fourth-order valence-corrected chi connectivity index (χ4v) is 3.09. The highest BCUT2D eigenvalue weighted by molar-refractivity contribution is 6.12. The SMILES string of the molecule is Cc1ccc2cc3ccccc3c(-c3ccccc3)c2c1. The molecule has 0 N–H and O–H groups in total. The van der Waals surface area contributed by atoms with Gasteiger partial charge in [-0.2, -0.15) is 0 Å². The van der Waals surface area contributed by atoms with Gasteiger partial charge in [-0.3, -0.25) is 0 Å². The van der Waals surface area contributed by atoms with Crippen LogP contribution in [0.5, 0.6) is 0 Å². The average molecular weight is 268 g/mol. The van der Waals surface area contributed by atoms with Gasteiger partial charge in [0.1, 0.15) is 0 Å². The highest BCUT2D eigenvalue weighted by Crippen LogP contribution is 2.36. The Kier molecular flexibility index (Phi) is 2.75. The van der Waals surface area contributed by atoms with Crippen LogP contribution in [0.25, 0.3) is 32.7 Å². The van der Waals surface area contributed by atoms with Crippen molar-refractivity contribution >= 4 is 21.5 Å². The number of hydrogen-bond acceptors (Lipinski definition) is 0. The van der Waals surface area contributed by atoms with Gasteiger partial charge in [0.25, 0.3) is 0 Å². The van der Waals surface area contributed by atoms with Crippen LogP contribution < -0.4 is 0 Å². The van der Waals surface area contributed by atoms with E-state index in [1.807, 2.05) is 0 Å². The smallest absolute Gasteiger partial charge is 0.00267 e. The third-order valence-electron chi connectivity index (χ3n) is 4.08. The summed E-state index contributed by atoms with van der Waals surface area (Å²) in [7, 11) is 0. The van der Waals surface area contributed by atoms with Crippen molar-refractivity contribution in [2.24, 2.45) is 0 Å². The lowest BCUT2D eigenvalue weighted by Gasteiger charge is -2.12. The van der Waals surface area contributed by atoms with Crippen molar-refractivity contribution in [2.75, 3.05) is 0 Å². The van der Waals surface area contributed by atoms with Crippen LogP contribution in [0.1, 0.15) is 5.56 Å². The number of hydrogen-bond donors (Lipinski definition) is 0. The maximum atomic E-state index is 2.30. The van der Waals surface area contributed by atoms with Gasteiger partial charge in [0.15, 0.2) is 0 Å². The monoisotopic (exact) mass is 268 g/mol. The maximum Gasteiger partial charge on any atom is -0.00267 e. The van der Waals surface area contributed by atoms with E-state index in [1.165, 1.54) is 38.2 Å².